The molecule has 21 heavy (non-hydrogen) atoms. The predicted molar refractivity (Wildman–Crippen MR) is 81.1 cm³/mol. The number of nitrogens with zero attached hydrogens (tertiary/aromatic N) is 1. The van der Waals surface area contributed by atoms with E-state index in [9.17, 15) is 8.78 Å². The summed E-state index contributed by atoms with van der Waals surface area (Å²) >= 11 is 0. The molecule has 0 aromatic heterocycles. The number of alkyl halides is 2. The molecule has 1 aromatic rings. The Labute approximate surface area is 125 Å². The van der Waals surface area contributed by atoms with Crippen LogP contribution in [0.5, 0.6) is 5.75 Å². The van der Waals surface area contributed by atoms with Crippen LogP contribution in [-0.2, 0) is 0 Å². The van der Waals surface area contributed by atoms with Gasteiger partial charge in [-0.1, -0.05) is 19.1 Å². The highest BCUT2D eigenvalue weighted by molar-refractivity contribution is 5.56. The van der Waals surface area contributed by atoms with E-state index in [1.54, 1.807) is 18.2 Å². The molecular weight excluding hydrogens is 274 g/mol. The Morgan fingerprint density at radius 2 is 2.10 bits per heavy atom. The standard InChI is InChI=1S/C16H24F2N2O/c1-2-10-20-11-5-6-13(9-12-20)19-14-7-3-4-8-15(14)21-16(17)18/h3-4,7-8,13,16,19H,2,5-6,9-12H2,1H3. The second-order valence-electron chi connectivity index (χ2n) is 5.49. The molecule has 0 amide bonds. The quantitative estimate of drug-likeness (QED) is 0.860. The van der Waals surface area contributed by atoms with Crippen LogP contribution in [-0.4, -0.2) is 37.2 Å². The lowest BCUT2D eigenvalue weighted by Crippen LogP contribution is -2.27. The molecule has 0 aliphatic carbocycles. The van der Waals surface area contributed by atoms with Crippen LogP contribution >= 0.6 is 0 Å². The third kappa shape index (κ3) is 5.16. The Hall–Kier alpha value is -1.36. The minimum atomic E-state index is -2.79. The van der Waals surface area contributed by atoms with Gasteiger partial charge in [0.15, 0.2) is 0 Å². The summed E-state index contributed by atoms with van der Waals surface area (Å²) < 4.78 is 29.4. The van der Waals surface area contributed by atoms with Gasteiger partial charge in [-0.2, -0.15) is 8.78 Å². The van der Waals surface area contributed by atoms with Gasteiger partial charge in [-0.3, -0.25) is 0 Å². The number of ether oxygens (including phenoxy) is 1. The first kappa shape index (κ1) is 16.0. The lowest BCUT2D eigenvalue weighted by atomic mass is 10.1. The summed E-state index contributed by atoms with van der Waals surface area (Å²) in [7, 11) is 0. The summed E-state index contributed by atoms with van der Waals surface area (Å²) in [6.45, 7) is 2.73. The van der Waals surface area contributed by atoms with E-state index in [0.29, 0.717) is 11.7 Å². The number of hydrogen-bond acceptors (Lipinski definition) is 3. The van der Waals surface area contributed by atoms with Crippen molar-refractivity contribution in [2.24, 2.45) is 0 Å². The zero-order valence-electron chi connectivity index (χ0n) is 12.5. The van der Waals surface area contributed by atoms with Crippen molar-refractivity contribution in [1.29, 1.82) is 0 Å². The van der Waals surface area contributed by atoms with Crippen LogP contribution in [0, 0.1) is 0 Å². The van der Waals surface area contributed by atoms with E-state index in [4.69, 9.17) is 0 Å². The number of nitrogens with one attached hydrogen (secondary N) is 1. The van der Waals surface area contributed by atoms with E-state index in [1.807, 2.05) is 6.07 Å². The topological polar surface area (TPSA) is 24.5 Å². The van der Waals surface area contributed by atoms with Crippen LogP contribution in [0.3, 0.4) is 0 Å². The second-order valence-corrected chi connectivity index (χ2v) is 5.49. The number of para-hydroxylation sites is 2. The Morgan fingerprint density at radius 1 is 1.29 bits per heavy atom. The number of halogens is 2. The number of hydrogen-bond donors (Lipinski definition) is 1. The molecule has 1 aromatic carbocycles. The molecule has 1 fully saturated rings. The van der Waals surface area contributed by atoms with Crippen molar-refractivity contribution in [3.63, 3.8) is 0 Å². The molecule has 5 heteroatoms. The highest BCUT2D eigenvalue weighted by Gasteiger charge is 2.18. The van der Waals surface area contributed by atoms with E-state index >= 15 is 0 Å². The van der Waals surface area contributed by atoms with Gasteiger partial charge in [-0.25, -0.2) is 0 Å². The van der Waals surface area contributed by atoms with Gasteiger partial charge >= 0.3 is 6.61 Å². The Bertz CT molecular complexity index is 428. The maximum Gasteiger partial charge on any atom is 0.387 e. The lowest BCUT2D eigenvalue weighted by molar-refractivity contribution is -0.0493. The Balaban J connectivity index is 1.95. The van der Waals surface area contributed by atoms with Gasteiger partial charge < -0.3 is 15.0 Å². The molecule has 0 spiro atoms. The maximum atomic E-state index is 12.4. The zero-order chi connectivity index (χ0) is 15.1. The Kier molecular flexibility index (Phi) is 6.23. The van der Waals surface area contributed by atoms with Gasteiger partial charge in [0.25, 0.3) is 0 Å². The molecule has 1 N–H and O–H groups in total. The molecule has 118 valence electrons. The molecule has 0 saturated carbocycles. The summed E-state index contributed by atoms with van der Waals surface area (Å²) in [5.74, 6) is 0.224. The van der Waals surface area contributed by atoms with Crippen molar-refractivity contribution >= 4 is 5.69 Å². The lowest BCUT2D eigenvalue weighted by Gasteiger charge is -2.21. The highest BCUT2D eigenvalue weighted by Crippen LogP contribution is 2.27. The first-order valence-electron chi connectivity index (χ1n) is 7.71. The average molecular weight is 298 g/mol. The maximum absolute atomic E-state index is 12.4. The van der Waals surface area contributed by atoms with Crippen molar-refractivity contribution < 1.29 is 13.5 Å². The van der Waals surface area contributed by atoms with Crippen molar-refractivity contribution in [3.8, 4) is 5.75 Å². The average Bonchev–Trinajstić information content (AvgIpc) is 2.67. The smallest absolute Gasteiger partial charge is 0.387 e. The summed E-state index contributed by atoms with van der Waals surface area (Å²) in [6.07, 6.45) is 4.39. The molecular formula is C16H24F2N2O. The monoisotopic (exact) mass is 298 g/mol. The molecule has 1 aliphatic heterocycles. The number of anilines is 1. The van der Waals surface area contributed by atoms with E-state index < -0.39 is 6.61 Å². The molecule has 0 bridgehead atoms. The third-order valence-corrected chi connectivity index (χ3v) is 3.82. The summed E-state index contributed by atoms with van der Waals surface area (Å²) in [5, 5.41) is 3.37. The van der Waals surface area contributed by atoms with Crippen molar-refractivity contribution in [2.45, 2.75) is 45.3 Å². The molecule has 1 unspecified atom stereocenters. The summed E-state index contributed by atoms with van der Waals surface area (Å²) in [5.41, 5.74) is 0.659. The highest BCUT2D eigenvalue weighted by atomic mass is 19.3. The first-order valence-corrected chi connectivity index (χ1v) is 7.71. The molecule has 1 aliphatic rings. The molecule has 1 atom stereocenters. The van der Waals surface area contributed by atoms with Crippen LogP contribution in [0.15, 0.2) is 24.3 Å². The first-order chi connectivity index (χ1) is 10.2. The third-order valence-electron chi connectivity index (χ3n) is 3.82. The van der Waals surface area contributed by atoms with E-state index in [-0.39, 0.29) is 5.75 Å². The van der Waals surface area contributed by atoms with Gasteiger partial charge in [0.1, 0.15) is 5.75 Å². The van der Waals surface area contributed by atoms with Crippen molar-refractivity contribution in [1.82, 2.24) is 4.90 Å². The van der Waals surface area contributed by atoms with Gasteiger partial charge in [0.2, 0.25) is 0 Å². The predicted octanol–water partition coefficient (Wildman–Crippen LogP) is 3.96. The summed E-state index contributed by atoms with van der Waals surface area (Å²) in [4.78, 5) is 2.48. The molecule has 1 saturated heterocycles. The second kappa shape index (κ2) is 8.17. The fourth-order valence-electron chi connectivity index (χ4n) is 2.84. The van der Waals surface area contributed by atoms with E-state index in [0.717, 1.165) is 38.9 Å². The largest absolute Gasteiger partial charge is 0.433 e. The van der Waals surface area contributed by atoms with Gasteiger partial charge in [-0.15, -0.1) is 0 Å². The van der Waals surface area contributed by atoms with Gasteiger partial charge in [0, 0.05) is 12.6 Å². The van der Waals surface area contributed by atoms with Crippen LogP contribution in [0.4, 0.5) is 14.5 Å². The minimum Gasteiger partial charge on any atom is -0.433 e. The molecule has 1 heterocycles. The minimum absolute atomic E-state index is 0.224. The SMILES string of the molecule is CCCN1CCCC(Nc2ccccc2OC(F)F)CC1. The number of likely N-dealkylation sites (tertiary alicyclic amines) is 1. The van der Waals surface area contributed by atoms with Gasteiger partial charge in [-0.05, 0) is 50.9 Å². The van der Waals surface area contributed by atoms with Crippen LogP contribution in [0.1, 0.15) is 32.6 Å². The zero-order valence-corrected chi connectivity index (χ0v) is 12.5. The molecule has 3 nitrogen and oxygen atoms in total. The van der Waals surface area contributed by atoms with Crippen LogP contribution < -0.4 is 10.1 Å². The van der Waals surface area contributed by atoms with Gasteiger partial charge in [0.05, 0.1) is 5.69 Å². The van der Waals surface area contributed by atoms with Crippen molar-refractivity contribution in [2.75, 3.05) is 25.0 Å². The fraction of sp³-hybridized carbons (Fsp3) is 0.625. The van der Waals surface area contributed by atoms with Crippen LogP contribution in [0.2, 0.25) is 0 Å². The van der Waals surface area contributed by atoms with Crippen LogP contribution in [0.25, 0.3) is 0 Å². The number of benzene rings is 1. The fourth-order valence-corrected chi connectivity index (χ4v) is 2.84. The number of rotatable bonds is 6. The Morgan fingerprint density at radius 3 is 2.86 bits per heavy atom. The normalized spacial score (nSPS) is 20.3. The molecule has 2 rings (SSSR count). The van der Waals surface area contributed by atoms with E-state index in [1.165, 1.54) is 6.42 Å². The summed E-state index contributed by atoms with van der Waals surface area (Å²) in [6, 6.07) is 7.23. The van der Waals surface area contributed by atoms with E-state index in [2.05, 4.69) is 21.9 Å². The molecule has 0 radical (unpaired) electrons. The van der Waals surface area contributed by atoms with Crippen molar-refractivity contribution in [3.05, 3.63) is 24.3 Å².